The summed E-state index contributed by atoms with van der Waals surface area (Å²) in [7, 11) is 0. The van der Waals surface area contributed by atoms with E-state index in [0.717, 1.165) is 26.2 Å². The summed E-state index contributed by atoms with van der Waals surface area (Å²) in [5, 5.41) is 9.28. The lowest BCUT2D eigenvalue weighted by molar-refractivity contribution is -0.149. The van der Waals surface area contributed by atoms with Gasteiger partial charge in [0.05, 0.1) is 10.2 Å². The molecule has 0 heterocycles. The Bertz CT molecular complexity index is 985. The number of halogens is 1. The van der Waals surface area contributed by atoms with E-state index in [4.69, 9.17) is 18.9 Å². The molecule has 1 aromatic rings. The SMILES string of the molecule is CCOC1=CC=CC(C#CC(C)=CCOc2ccc(C[C@H](OCC)C(=O)O)cc2I)(OCC)C1. The minimum atomic E-state index is -0.959. The van der Waals surface area contributed by atoms with Crippen LogP contribution >= 0.6 is 22.6 Å². The molecule has 184 valence electrons. The largest absolute Gasteiger partial charge is 0.498 e. The number of aliphatic carboxylic acids is 1. The van der Waals surface area contributed by atoms with Crippen LogP contribution in [0.25, 0.3) is 0 Å². The topological polar surface area (TPSA) is 74.2 Å². The van der Waals surface area contributed by atoms with Gasteiger partial charge in [-0.2, -0.15) is 0 Å². The van der Waals surface area contributed by atoms with Crippen LogP contribution in [0.15, 0.2) is 53.8 Å². The highest BCUT2D eigenvalue weighted by atomic mass is 127. The number of ether oxygens (including phenoxy) is 4. The van der Waals surface area contributed by atoms with Crippen molar-refractivity contribution in [3.63, 3.8) is 0 Å². The van der Waals surface area contributed by atoms with Gasteiger partial charge in [0, 0.05) is 26.1 Å². The Morgan fingerprint density at radius 2 is 2.03 bits per heavy atom. The van der Waals surface area contributed by atoms with Gasteiger partial charge in [-0.05, 0) is 91.8 Å². The highest BCUT2D eigenvalue weighted by molar-refractivity contribution is 14.1. The third kappa shape index (κ3) is 8.82. The van der Waals surface area contributed by atoms with Crippen molar-refractivity contribution in [2.75, 3.05) is 26.4 Å². The molecule has 2 rings (SSSR count). The minimum absolute atomic E-state index is 0.310. The molecule has 0 saturated heterocycles. The number of benzene rings is 1. The maximum absolute atomic E-state index is 11.3. The van der Waals surface area contributed by atoms with Crippen LogP contribution in [0, 0.1) is 15.4 Å². The molecule has 2 atom stereocenters. The lowest BCUT2D eigenvalue weighted by atomic mass is 9.93. The monoisotopic (exact) mass is 580 g/mol. The lowest BCUT2D eigenvalue weighted by Crippen LogP contribution is -2.31. The summed E-state index contributed by atoms with van der Waals surface area (Å²) >= 11 is 2.19. The average Bonchev–Trinajstić information content (AvgIpc) is 2.79. The zero-order valence-corrected chi connectivity index (χ0v) is 22.4. The molecule has 1 aliphatic carbocycles. The van der Waals surface area contributed by atoms with Gasteiger partial charge in [0.15, 0.2) is 11.7 Å². The second-order valence-electron chi connectivity index (χ2n) is 7.62. The van der Waals surface area contributed by atoms with Crippen molar-refractivity contribution in [1.29, 1.82) is 0 Å². The zero-order valence-electron chi connectivity index (χ0n) is 20.2. The highest BCUT2D eigenvalue weighted by Crippen LogP contribution is 2.27. The van der Waals surface area contributed by atoms with Crippen LogP contribution in [0.2, 0.25) is 0 Å². The van der Waals surface area contributed by atoms with Crippen LogP contribution in [0.5, 0.6) is 5.75 Å². The van der Waals surface area contributed by atoms with Gasteiger partial charge < -0.3 is 24.1 Å². The third-order valence-corrected chi connectivity index (χ3v) is 5.82. The molecule has 6 nitrogen and oxygen atoms in total. The Hall–Kier alpha value is -2.28. The van der Waals surface area contributed by atoms with Crippen molar-refractivity contribution in [2.45, 2.75) is 52.2 Å². The zero-order chi connectivity index (χ0) is 25.0. The van der Waals surface area contributed by atoms with Gasteiger partial charge in [-0.1, -0.05) is 24.0 Å². The smallest absolute Gasteiger partial charge is 0.333 e. The van der Waals surface area contributed by atoms with E-state index in [1.54, 1.807) is 6.92 Å². The van der Waals surface area contributed by atoms with E-state index in [0.29, 0.717) is 39.3 Å². The Kier molecular flexibility index (Phi) is 11.7. The fourth-order valence-corrected chi connectivity index (χ4v) is 4.12. The molecule has 34 heavy (non-hydrogen) atoms. The molecule has 0 saturated carbocycles. The fraction of sp³-hybridized carbons (Fsp3) is 0.444. The van der Waals surface area contributed by atoms with Crippen molar-refractivity contribution in [3.8, 4) is 17.6 Å². The minimum Gasteiger partial charge on any atom is -0.498 e. The summed E-state index contributed by atoms with van der Waals surface area (Å²) in [5.74, 6) is 7.10. The first-order chi connectivity index (χ1) is 16.3. The first-order valence-corrected chi connectivity index (χ1v) is 12.5. The quantitative estimate of drug-likeness (QED) is 0.267. The van der Waals surface area contributed by atoms with E-state index in [1.807, 2.05) is 63.3 Å². The van der Waals surface area contributed by atoms with Gasteiger partial charge in [-0.3, -0.25) is 0 Å². The predicted octanol–water partition coefficient (Wildman–Crippen LogP) is 5.31. The van der Waals surface area contributed by atoms with E-state index in [-0.39, 0.29) is 0 Å². The summed E-state index contributed by atoms with van der Waals surface area (Å²) in [6.45, 7) is 9.53. The second kappa shape index (κ2) is 14.2. The number of carbonyl (C=O) groups is 1. The van der Waals surface area contributed by atoms with Gasteiger partial charge in [0.1, 0.15) is 18.1 Å². The highest BCUT2D eigenvalue weighted by Gasteiger charge is 2.29. The molecule has 1 N–H and O–H groups in total. The molecular formula is C27H33IO6. The summed E-state index contributed by atoms with van der Waals surface area (Å²) in [4.78, 5) is 11.3. The van der Waals surface area contributed by atoms with E-state index in [1.165, 1.54) is 0 Å². The summed E-state index contributed by atoms with van der Waals surface area (Å²) < 4.78 is 23.7. The van der Waals surface area contributed by atoms with Crippen molar-refractivity contribution >= 4 is 28.6 Å². The molecule has 0 fully saturated rings. The Morgan fingerprint density at radius 1 is 1.24 bits per heavy atom. The van der Waals surface area contributed by atoms with Crippen LogP contribution in [0.3, 0.4) is 0 Å². The maximum atomic E-state index is 11.3. The van der Waals surface area contributed by atoms with E-state index in [9.17, 15) is 9.90 Å². The summed E-state index contributed by atoms with van der Waals surface area (Å²) in [6, 6.07) is 5.65. The van der Waals surface area contributed by atoms with Crippen molar-refractivity contribution in [1.82, 2.24) is 0 Å². The van der Waals surface area contributed by atoms with Gasteiger partial charge in [0.25, 0.3) is 0 Å². The van der Waals surface area contributed by atoms with Crippen LogP contribution < -0.4 is 4.74 Å². The van der Waals surface area contributed by atoms with Crippen molar-refractivity contribution in [3.05, 3.63) is 63.0 Å². The first kappa shape index (κ1) is 28.0. The first-order valence-electron chi connectivity index (χ1n) is 11.4. The van der Waals surface area contributed by atoms with Gasteiger partial charge in [-0.25, -0.2) is 4.79 Å². The molecule has 1 aromatic carbocycles. The molecule has 1 aliphatic rings. The van der Waals surface area contributed by atoms with Crippen LogP contribution in [-0.2, 0) is 25.4 Å². The molecule has 0 aliphatic heterocycles. The number of carboxylic acids is 1. The van der Waals surface area contributed by atoms with Crippen molar-refractivity contribution < 1.29 is 28.8 Å². The number of hydrogen-bond acceptors (Lipinski definition) is 5. The number of hydrogen-bond donors (Lipinski definition) is 1. The number of carboxylic acid groups (broad SMARTS) is 1. The van der Waals surface area contributed by atoms with Gasteiger partial charge in [0.2, 0.25) is 0 Å². The van der Waals surface area contributed by atoms with Crippen LogP contribution in [0.4, 0.5) is 0 Å². The number of rotatable bonds is 12. The maximum Gasteiger partial charge on any atom is 0.333 e. The summed E-state index contributed by atoms with van der Waals surface area (Å²) in [6.07, 6.45) is 7.82. The van der Waals surface area contributed by atoms with Crippen LogP contribution in [0.1, 0.15) is 39.7 Å². The second-order valence-corrected chi connectivity index (χ2v) is 8.79. The van der Waals surface area contributed by atoms with Crippen LogP contribution in [-0.4, -0.2) is 49.2 Å². The number of allylic oxidation sites excluding steroid dienone is 3. The van der Waals surface area contributed by atoms with E-state index in [2.05, 4.69) is 34.4 Å². The molecule has 1 unspecified atom stereocenters. The molecule has 0 radical (unpaired) electrons. The van der Waals surface area contributed by atoms with E-state index < -0.39 is 17.7 Å². The molecule has 0 amide bonds. The third-order valence-electron chi connectivity index (χ3n) is 4.98. The average molecular weight is 580 g/mol. The van der Waals surface area contributed by atoms with Gasteiger partial charge in [-0.15, -0.1) is 0 Å². The summed E-state index contributed by atoms with van der Waals surface area (Å²) in [5.41, 5.74) is 1.08. The molecule has 0 bridgehead atoms. The molecular weight excluding hydrogens is 547 g/mol. The Labute approximate surface area is 216 Å². The van der Waals surface area contributed by atoms with Gasteiger partial charge >= 0.3 is 5.97 Å². The van der Waals surface area contributed by atoms with E-state index >= 15 is 0 Å². The Morgan fingerprint density at radius 3 is 2.68 bits per heavy atom. The predicted molar refractivity (Wildman–Crippen MR) is 141 cm³/mol. The fourth-order valence-electron chi connectivity index (χ4n) is 3.38. The van der Waals surface area contributed by atoms with Crippen molar-refractivity contribution in [2.24, 2.45) is 0 Å². The molecule has 7 heteroatoms. The molecule has 0 aromatic heterocycles. The normalized spacial score (nSPS) is 18.5. The Balaban J connectivity index is 2.00. The molecule has 0 spiro atoms. The lowest BCUT2D eigenvalue weighted by Gasteiger charge is -2.28. The standard InChI is InChI=1S/C27H33IO6/c1-5-31-22-9-8-14-27(19-22,34-7-3)15-12-20(4)13-16-33-24-11-10-21(17-23(24)28)18-25(26(29)30)32-6-2/h8-11,13-14,17,25H,5-7,16,18-19H2,1-4H3,(H,29,30)/t25-,27?/m0/s1.